The van der Waals surface area contributed by atoms with Gasteiger partial charge in [0.15, 0.2) is 9.84 Å². The molecule has 0 aliphatic carbocycles. The molecule has 0 aromatic rings. The summed E-state index contributed by atoms with van der Waals surface area (Å²) in [7, 11) is -3.01. The van der Waals surface area contributed by atoms with Crippen molar-refractivity contribution in [3.8, 4) is 0 Å². The third-order valence-corrected chi connectivity index (χ3v) is 6.42. The number of sulfone groups is 1. The summed E-state index contributed by atoms with van der Waals surface area (Å²) in [5.74, 6) is 0. The van der Waals surface area contributed by atoms with E-state index in [1.807, 2.05) is 13.8 Å². The van der Waals surface area contributed by atoms with E-state index in [1.165, 1.54) is 6.26 Å². The highest BCUT2D eigenvalue weighted by Gasteiger charge is 2.35. The molecule has 0 radical (unpaired) electrons. The Morgan fingerprint density at radius 1 is 1.37 bits per heavy atom. The van der Waals surface area contributed by atoms with Crippen LogP contribution >= 0.6 is 0 Å². The third kappa shape index (κ3) is 4.72. The van der Waals surface area contributed by atoms with Gasteiger partial charge < -0.3 is 5.32 Å². The molecule has 1 heterocycles. The lowest BCUT2D eigenvalue weighted by Gasteiger charge is -2.41. The van der Waals surface area contributed by atoms with Crippen molar-refractivity contribution in [1.82, 2.24) is 10.2 Å². The predicted molar refractivity (Wildman–Crippen MR) is 81.3 cm³/mol. The first kappa shape index (κ1) is 16.9. The van der Waals surface area contributed by atoms with E-state index in [0.29, 0.717) is 18.6 Å². The maximum absolute atomic E-state index is 11.8. The number of hydrogen-bond acceptors (Lipinski definition) is 4. The van der Waals surface area contributed by atoms with Gasteiger partial charge >= 0.3 is 0 Å². The van der Waals surface area contributed by atoms with E-state index in [1.54, 1.807) is 0 Å². The predicted octanol–water partition coefficient (Wildman–Crippen LogP) is 1.66. The second-order valence-electron chi connectivity index (χ2n) is 6.53. The van der Waals surface area contributed by atoms with Crippen molar-refractivity contribution in [2.24, 2.45) is 0 Å². The topological polar surface area (TPSA) is 49.4 Å². The van der Waals surface area contributed by atoms with Crippen LogP contribution in [0.1, 0.15) is 47.0 Å². The molecule has 2 unspecified atom stereocenters. The van der Waals surface area contributed by atoms with Crippen LogP contribution in [0.15, 0.2) is 0 Å². The Hall–Kier alpha value is -0.130. The molecule has 0 amide bonds. The molecule has 4 nitrogen and oxygen atoms in total. The second kappa shape index (κ2) is 6.55. The molecule has 0 bridgehead atoms. The van der Waals surface area contributed by atoms with Crippen LogP contribution in [0.5, 0.6) is 0 Å². The van der Waals surface area contributed by atoms with Crippen molar-refractivity contribution in [3.05, 3.63) is 0 Å². The highest BCUT2D eigenvalue weighted by Crippen LogP contribution is 2.23. The molecule has 0 spiro atoms. The van der Waals surface area contributed by atoms with Crippen LogP contribution in [0.4, 0.5) is 0 Å². The summed E-state index contributed by atoms with van der Waals surface area (Å²) in [6.07, 6.45) is 4.73. The number of rotatable bonds is 6. The number of piperidine rings is 1. The summed E-state index contributed by atoms with van der Waals surface area (Å²) in [5.41, 5.74) is 0. The lowest BCUT2D eigenvalue weighted by molar-refractivity contribution is 0.126. The Kier molecular flexibility index (Phi) is 5.83. The fraction of sp³-hybridized carbons (Fsp3) is 1.00. The summed E-state index contributed by atoms with van der Waals surface area (Å²) in [4.78, 5) is 2.32. The zero-order valence-corrected chi connectivity index (χ0v) is 13.9. The van der Waals surface area contributed by atoms with Crippen LogP contribution in [0.25, 0.3) is 0 Å². The minimum atomic E-state index is -3.01. The number of nitrogens with zero attached hydrogens (tertiary/aromatic N) is 1. The molecule has 0 aromatic carbocycles. The SMILES string of the molecule is CCCNC1CCN(CC(C)(C)S(C)(=O)=O)C(C)C1. The van der Waals surface area contributed by atoms with E-state index in [-0.39, 0.29) is 0 Å². The summed E-state index contributed by atoms with van der Waals surface area (Å²) < 4.78 is 22.9. The maximum atomic E-state index is 11.8. The first-order chi connectivity index (χ1) is 8.67. The maximum Gasteiger partial charge on any atom is 0.153 e. The number of likely N-dealkylation sites (tertiary alicyclic amines) is 1. The van der Waals surface area contributed by atoms with Gasteiger partial charge in [-0.05, 0) is 53.1 Å². The van der Waals surface area contributed by atoms with Crippen molar-refractivity contribution >= 4 is 9.84 Å². The van der Waals surface area contributed by atoms with E-state index < -0.39 is 14.6 Å². The van der Waals surface area contributed by atoms with Crippen LogP contribution in [0.2, 0.25) is 0 Å². The zero-order valence-electron chi connectivity index (χ0n) is 13.1. The molecule has 0 saturated carbocycles. The highest BCUT2D eigenvalue weighted by molar-refractivity contribution is 7.92. The molecular formula is C14H30N2O2S. The average Bonchev–Trinajstić information content (AvgIpc) is 2.28. The Balaban J connectivity index is 2.55. The van der Waals surface area contributed by atoms with E-state index in [4.69, 9.17) is 0 Å². The highest BCUT2D eigenvalue weighted by atomic mass is 32.2. The molecule has 1 N–H and O–H groups in total. The van der Waals surface area contributed by atoms with Crippen LogP contribution in [0.3, 0.4) is 0 Å². The number of nitrogens with one attached hydrogen (secondary N) is 1. The van der Waals surface area contributed by atoms with Gasteiger partial charge in [-0.25, -0.2) is 8.42 Å². The van der Waals surface area contributed by atoms with Gasteiger partial charge in [-0.1, -0.05) is 6.92 Å². The van der Waals surface area contributed by atoms with Crippen LogP contribution < -0.4 is 5.32 Å². The largest absolute Gasteiger partial charge is 0.314 e. The Morgan fingerprint density at radius 2 is 2.00 bits per heavy atom. The van der Waals surface area contributed by atoms with Gasteiger partial charge in [0.1, 0.15) is 0 Å². The van der Waals surface area contributed by atoms with Crippen LogP contribution in [0, 0.1) is 0 Å². The summed E-state index contributed by atoms with van der Waals surface area (Å²) in [5, 5.41) is 3.57. The van der Waals surface area contributed by atoms with Gasteiger partial charge in [-0.2, -0.15) is 0 Å². The van der Waals surface area contributed by atoms with Gasteiger partial charge in [0.25, 0.3) is 0 Å². The number of hydrogen-bond donors (Lipinski definition) is 1. The third-order valence-electron chi connectivity index (χ3n) is 4.28. The fourth-order valence-corrected chi connectivity index (χ4v) is 3.00. The first-order valence-electron chi connectivity index (χ1n) is 7.34. The quantitative estimate of drug-likeness (QED) is 0.808. The van der Waals surface area contributed by atoms with Gasteiger partial charge in [-0.15, -0.1) is 0 Å². The molecule has 19 heavy (non-hydrogen) atoms. The van der Waals surface area contributed by atoms with Gasteiger partial charge in [0.05, 0.1) is 4.75 Å². The molecule has 1 rings (SSSR count). The normalized spacial score (nSPS) is 26.6. The Bertz CT molecular complexity index is 379. The minimum Gasteiger partial charge on any atom is -0.314 e. The molecule has 1 fully saturated rings. The van der Waals surface area contributed by atoms with Gasteiger partial charge in [0.2, 0.25) is 0 Å². The Morgan fingerprint density at radius 3 is 2.47 bits per heavy atom. The van der Waals surface area contributed by atoms with Crippen molar-refractivity contribution in [2.45, 2.75) is 63.8 Å². The standard InChI is InChI=1S/C14H30N2O2S/c1-6-8-15-13-7-9-16(12(2)10-13)11-14(3,4)19(5,17)18/h12-13,15H,6-11H2,1-5H3. The van der Waals surface area contributed by atoms with Crippen LogP contribution in [-0.4, -0.2) is 56.0 Å². The lowest BCUT2D eigenvalue weighted by atomic mass is 9.97. The smallest absolute Gasteiger partial charge is 0.153 e. The first-order valence-corrected chi connectivity index (χ1v) is 9.23. The molecule has 114 valence electrons. The fourth-order valence-electron chi connectivity index (χ4n) is 2.60. The molecular weight excluding hydrogens is 260 g/mol. The average molecular weight is 290 g/mol. The molecule has 1 saturated heterocycles. The lowest BCUT2D eigenvalue weighted by Crippen LogP contribution is -2.53. The van der Waals surface area contributed by atoms with E-state index in [9.17, 15) is 8.42 Å². The molecule has 1 aliphatic rings. The van der Waals surface area contributed by atoms with E-state index in [0.717, 1.165) is 32.4 Å². The molecule has 5 heteroatoms. The summed E-state index contributed by atoms with van der Waals surface area (Å²) in [6, 6.07) is 1.04. The summed E-state index contributed by atoms with van der Waals surface area (Å²) >= 11 is 0. The van der Waals surface area contributed by atoms with Crippen molar-refractivity contribution in [1.29, 1.82) is 0 Å². The monoisotopic (exact) mass is 290 g/mol. The van der Waals surface area contributed by atoms with Crippen molar-refractivity contribution < 1.29 is 8.42 Å². The van der Waals surface area contributed by atoms with E-state index in [2.05, 4.69) is 24.1 Å². The zero-order chi connectivity index (χ0) is 14.7. The molecule has 0 aromatic heterocycles. The molecule has 1 aliphatic heterocycles. The van der Waals surface area contributed by atoms with Crippen LogP contribution in [-0.2, 0) is 9.84 Å². The summed E-state index contributed by atoms with van der Waals surface area (Å²) in [6.45, 7) is 10.7. The Labute approximate surface area is 118 Å². The second-order valence-corrected chi connectivity index (χ2v) is 9.18. The van der Waals surface area contributed by atoms with Gasteiger partial charge in [0, 0.05) is 24.9 Å². The molecule has 2 atom stereocenters. The van der Waals surface area contributed by atoms with Crippen molar-refractivity contribution in [3.63, 3.8) is 0 Å². The minimum absolute atomic E-state index is 0.448. The van der Waals surface area contributed by atoms with E-state index >= 15 is 0 Å². The van der Waals surface area contributed by atoms with Gasteiger partial charge in [-0.3, -0.25) is 4.90 Å². The van der Waals surface area contributed by atoms with Crippen molar-refractivity contribution in [2.75, 3.05) is 25.9 Å².